The molecule has 0 atom stereocenters. The van der Waals surface area contributed by atoms with Gasteiger partial charge in [-0.3, -0.25) is 0 Å². The zero-order valence-corrected chi connectivity index (χ0v) is 17.8. The van der Waals surface area contributed by atoms with Crippen LogP contribution in [-0.2, 0) is 34.5 Å². The Hall–Kier alpha value is -1.29. The molecule has 0 fully saturated rings. The Morgan fingerprint density at radius 3 is 0.815 bits per heavy atom. The van der Waals surface area contributed by atoms with Gasteiger partial charge in [0.1, 0.15) is 0 Å². The number of fused-ring (bicyclic) bond motifs is 6. The van der Waals surface area contributed by atoms with E-state index in [2.05, 4.69) is 72.8 Å². The maximum absolute atomic E-state index is 2.38. The molecule has 27 heavy (non-hydrogen) atoms. The zero-order valence-electron chi connectivity index (χ0n) is 15.4. The predicted octanol–water partition coefficient (Wildman–Crippen LogP) is 7.30. The van der Waals surface area contributed by atoms with Crippen LogP contribution in [0.2, 0.25) is 0 Å². The summed E-state index contributed by atoms with van der Waals surface area (Å²) in [7, 11) is 0. The first-order valence-electron chi connectivity index (χ1n) is 9.32. The van der Waals surface area contributed by atoms with Gasteiger partial charge in [0, 0.05) is 34.5 Å². The maximum atomic E-state index is 2.38. The Bertz CT molecular complexity index is 713. The average molecular weight is 409 g/mol. The largest absolute Gasteiger partial charge is 0.152 e. The summed E-state index contributed by atoms with van der Waals surface area (Å²) >= 11 is 6.04. The van der Waals surface area contributed by atoms with E-state index in [1.807, 2.05) is 35.3 Å². The van der Waals surface area contributed by atoms with Crippen LogP contribution in [0.5, 0.6) is 0 Å². The third-order valence-corrected chi connectivity index (χ3v) is 7.81. The van der Waals surface area contributed by atoms with Gasteiger partial charge in [-0.05, 0) is 33.4 Å². The van der Waals surface area contributed by atoms with Crippen molar-refractivity contribution in [3.05, 3.63) is 106 Å². The maximum Gasteiger partial charge on any atom is 0.0188 e. The summed E-state index contributed by atoms with van der Waals surface area (Å²) in [4.78, 5) is 0. The van der Waals surface area contributed by atoms with Crippen molar-refractivity contribution in [2.24, 2.45) is 0 Å². The highest BCUT2D eigenvalue weighted by Crippen LogP contribution is 2.25. The molecule has 0 amide bonds. The lowest BCUT2D eigenvalue weighted by molar-refractivity contribution is 1.28. The molecule has 1 aliphatic rings. The standard InChI is InChI=1S/C24H24S3/c1-4-19-10-20(5-1)14-26-16-22-7-3-9-24(12-22)18-27-17-23-8-2-6-21(11-23)15-25-13-19/h1-12H,13-18H2. The summed E-state index contributed by atoms with van der Waals surface area (Å²) in [6, 6.07) is 27.3. The quantitative estimate of drug-likeness (QED) is 0.383. The molecule has 3 aromatic rings. The van der Waals surface area contributed by atoms with Crippen molar-refractivity contribution in [3.63, 3.8) is 0 Å². The van der Waals surface area contributed by atoms with Crippen LogP contribution in [0.1, 0.15) is 33.4 Å². The van der Waals surface area contributed by atoms with Crippen LogP contribution in [0.3, 0.4) is 0 Å². The molecule has 0 aromatic heterocycles. The molecule has 0 unspecified atom stereocenters. The molecular weight excluding hydrogens is 384 g/mol. The van der Waals surface area contributed by atoms with Crippen LogP contribution < -0.4 is 0 Å². The van der Waals surface area contributed by atoms with Crippen LogP contribution in [0.4, 0.5) is 0 Å². The SMILES string of the molecule is c1cc2cc(c1)CSCc1cccc(c1)CSCc1cccc(c1)CSC2. The van der Waals surface area contributed by atoms with Gasteiger partial charge in [0.25, 0.3) is 0 Å². The van der Waals surface area contributed by atoms with E-state index in [9.17, 15) is 0 Å². The predicted molar refractivity (Wildman–Crippen MR) is 124 cm³/mol. The number of rotatable bonds is 0. The number of hydrogen-bond donors (Lipinski definition) is 0. The smallest absolute Gasteiger partial charge is 0.0188 e. The molecule has 1 aliphatic heterocycles. The van der Waals surface area contributed by atoms with Gasteiger partial charge < -0.3 is 0 Å². The van der Waals surface area contributed by atoms with Crippen molar-refractivity contribution in [1.29, 1.82) is 0 Å². The van der Waals surface area contributed by atoms with Gasteiger partial charge >= 0.3 is 0 Å². The summed E-state index contributed by atoms with van der Waals surface area (Å²) < 4.78 is 0. The molecule has 0 nitrogen and oxygen atoms in total. The molecule has 0 saturated carbocycles. The van der Waals surface area contributed by atoms with E-state index in [0.29, 0.717) is 0 Å². The highest BCUT2D eigenvalue weighted by atomic mass is 32.2. The second kappa shape index (κ2) is 9.77. The van der Waals surface area contributed by atoms with Crippen LogP contribution in [-0.4, -0.2) is 0 Å². The van der Waals surface area contributed by atoms with E-state index in [4.69, 9.17) is 0 Å². The monoisotopic (exact) mass is 408 g/mol. The fourth-order valence-electron chi connectivity index (χ4n) is 3.29. The summed E-state index contributed by atoms with van der Waals surface area (Å²) in [5.41, 5.74) is 8.63. The summed E-state index contributed by atoms with van der Waals surface area (Å²) in [5, 5.41) is 0. The molecule has 3 heteroatoms. The summed E-state index contributed by atoms with van der Waals surface area (Å²) in [6.07, 6.45) is 0. The second-order valence-electron chi connectivity index (χ2n) is 6.94. The first kappa shape index (κ1) is 19.0. The second-order valence-corrected chi connectivity index (χ2v) is 9.90. The van der Waals surface area contributed by atoms with Crippen LogP contribution >= 0.6 is 35.3 Å². The molecule has 0 spiro atoms. The minimum Gasteiger partial charge on any atom is -0.152 e. The van der Waals surface area contributed by atoms with E-state index in [1.165, 1.54) is 33.4 Å². The Labute approximate surface area is 175 Å². The highest BCUT2D eigenvalue weighted by Gasteiger charge is 2.03. The average Bonchev–Trinajstić information content (AvgIpc) is 2.69. The van der Waals surface area contributed by atoms with Gasteiger partial charge in [-0.25, -0.2) is 0 Å². The fraction of sp³-hybridized carbons (Fsp3) is 0.250. The van der Waals surface area contributed by atoms with Gasteiger partial charge in [0.15, 0.2) is 0 Å². The summed E-state index contributed by atoms with van der Waals surface area (Å²) in [6.45, 7) is 0. The van der Waals surface area contributed by atoms with Crippen molar-refractivity contribution in [1.82, 2.24) is 0 Å². The molecule has 0 radical (unpaired) electrons. The minimum atomic E-state index is 1.08. The molecule has 1 heterocycles. The van der Waals surface area contributed by atoms with Gasteiger partial charge in [0.05, 0.1) is 0 Å². The molecule has 0 N–H and O–H groups in total. The van der Waals surface area contributed by atoms with E-state index in [-0.39, 0.29) is 0 Å². The van der Waals surface area contributed by atoms with Gasteiger partial charge in [-0.2, -0.15) is 35.3 Å². The van der Waals surface area contributed by atoms with Crippen LogP contribution in [0, 0.1) is 0 Å². The molecule has 0 aliphatic carbocycles. The van der Waals surface area contributed by atoms with Gasteiger partial charge in [-0.15, -0.1) is 0 Å². The van der Waals surface area contributed by atoms with E-state index in [1.54, 1.807) is 0 Å². The summed E-state index contributed by atoms with van der Waals surface area (Å²) in [5.74, 6) is 6.50. The van der Waals surface area contributed by atoms with Gasteiger partial charge in [-0.1, -0.05) is 72.8 Å². The highest BCUT2D eigenvalue weighted by molar-refractivity contribution is 7.98. The van der Waals surface area contributed by atoms with Crippen LogP contribution in [0.15, 0.2) is 72.8 Å². The van der Waals surface area contributed by atoms with Crippen molar-refractivity contribution >= 4 is 35.3 Å². The van der Waals surface area contributed by atoms with Crippen molar-refractivity contribution in [2.75, 3.05) is 0 Å². The Morgan fingerprint density at radius 2 is 0.593 bits per heavy atom. The Morgan fingerprint density at radius 1 is 0.370 bits per heavy atom. The first-order chi connectivity index (χ1) is 13.3. The Kier molecular flexibility index (Phi) is 6.89. The van der Waals surface area contributed by atoms with E-state index >= 15 is 0 Å². The third kappa shape index (κ3) is 5.84. The molecule has 0 saturated heterocycles. The third-order valence-electron chi connectivity index (χ3n) is 4.59. The lowest BCUT2D eigenvalue weighted by Gasteiger charge is -2.09. The number of thioether (sulfide) groups is 3. The lowest BCUT2D eigenvalue weighted by Crippen LogP contribution is -1.91. The van der Waals surface area contributed by atoms with Crippen molar-refractivity contribution in [2.45, 2.75) is 34.5 Å². The van der Waals surface area contributed by atoms with Crippen LogP contribution in [0.25, 0.3) is 0 Å². The zero-order chi connectivity index (χ0) is 18.3. The lowest BCUT2D eigenvalue weighted by atomic mass is 10.2. The van der Waals surface area contributed by atoms with E-state index in [0.717, 1.165) is 34.5 Å². The molecule has 138 valence electrons. The number of hydrogen-bond acceptors (Lipinski definition) is 3. The van der Waals surface area contributed by atoms with E-state index < -0.39 is 0 Å². The minimum absolute atomic E-state index is 1.08. The Balaban J connectivity index is 1.54. The normalized spacial score (nSPS) is 15.6. The van der Waals surface area contributed by atoms with Crippen molar-refractivity contribution in [3.8, 4) is 0 Å². The topological polar surface area (TPSA) is 0 Å². The van der Waals surface area contributed by atoms with Gasteiger partial charge in [0.2, 0.25) is 0 Å². The molecule has 4 rings (SSSR count). The number of benzene rings is 3. The van der Waals surface area contributed by atoms with Crippen molar-refractivity contribution < 1.29 is 0 Å². The first-order valence-corrected chi connectivity index (χ1v) is 12.8. The fourth-order valence-corrected chi connectivity index (χ4v) is 6.09. The molecular formula is C24H24S3. The molecule has 3 aromatic carbocycles. The molecule has 6 bridgehead atoms.